The molecule has 1 aromatic carbocycles. The van der Waals surface area contributed by atoms with Gasteiger partial charge >= 0.3 is 0 Å². The molecule has 1 fully saturated rings. The van der Waals surface area contributed by atoms with Crippen molar-refractivity contribution in [1.82, 2.24) is 0 Å². The van der Waals surface area contributed by atoms with Gasteiger partial charge in [0.25, 0.3) is 0 Å². The standard InChI is InChI=1S/C11H13BrO5/c12-6-1-3-7(4-2-6)17-11-10(15)9(14)8(13)5-16-11/h1-4,8-11,13-15H,5H2/t8-,9+,10+,11-/m0/s1. The van der Waals surface area contributed by atoms with Crippen LogP contribution in [-0.4, -0.2) is 46.5 Å². The highest BCUT2D eigenvalue weighted by atomic mass is 79.9. The molecular formula is C11H13BrO5. The molecular weight excluding hydrogens is 292 g/mol. The van der Waals surface area contributed by atoms with E-state index in [4.69, 9.17) is 9.47 Å². The molecule has 0 unspecified atom stereocenters. The van der Waals surface area contributed by atoms with Crippen LogP contribution in [0.4, 0.5) is 0 Å². The average molecular weight is 305 g/mol. The molecule has 0 saturated carbocycles. The highest BCUT2D eigenvalue weighted by Crippen LogP contribution is 2.22. The molecule has 1 saturated heterocycles. The third kappa shape index (κ3) is 2.97. The highest BCUT2D eigenvalue weighted by molar-refractivity contribution is 9.10. The monoisotopic (exact) mass is 304 g/mol. The predicted octanol–water partition coefficient (Wildman–Crippen LogP) is 0.267. The number of rotatable bonds is 2. The molecule has 94 valence electrons. The minimum atomic E-state index is -1.28. The highest BCUT2D eigenvalue weighted by Gasteiger charge is 2.38. The van der Waals surface area contributed by atoms with E-state index in [1.807, 2.05) is 0 Å². The first-order chi connectivity index (χ1) is 8.08. The van der Waals surface area contributed by atoms with E-state index in [-0.39, 0.29) is 6.61 Å². The predicted molar refractivity (Wildman–Crippen MR) is 62.5 cm³/mol. The van der Waals surface area contributed by atoms with E-state index in [9.17, 15) is 15.3 Å². The summed E-state index contributed by atoms with van der Waals surface area (Å²) in [7, 11) is 0. The molecule has 1 aromatic rings. The van der Waals surface area contributed by atoms with Gasteiger partial charge in [-0.15, -0.1) is 0 Å². The summed E-state index contributed by atoms with van der Waals surface area (Å²) in [6.45, 7) is -0.0700. The van der Waals surface area contributed by atoms with Crippen molar-refractivity contribution < 1.29 is 24.8 Å². The third-order valence-electron chi connectivity index (χ3n) is 2.52. The Morgan fingerprint density at radius 2 is 1.76 bits per heavy atom. The zero-order chi connectivity index (χ0) is 12.4. The van der Waals surface area contributed by atoms with Gasteiger partial charge in [0.15, 0.2) is 0 Å². The van der Waals surface area contributed by atoms with Crippen LogP contribution >= 0.6 is 15.9 Å². The van der Waals surface area contributed by atoms with E-state index in [1.165, 1.54) is 0 Å². The number of halogens is 1. The van der Waals surface area contributed by atoms with E-state index in [2.05, 4.69) is 15.9 Å². The zero-order valence-corrected chi connectivity index (χ0v) is 10.4. The van der Waals surface area contributed by atoms with Gasteiger partial charge in [-0.05, 0) is 24.3 Å². The summed E-state index contributed by atoms with van der Waals surface area (Å²) >= 11 is 3.29. The Labute approximate surface area is 107 Å². The molecule has 0 amide bonds. The first kappa shape index (κ1) is 12.8. The summed E-state index contributed by atoms with van der Waals surface area (Å²) in [5.74, 6) is 0.515. The van der Waals surface area contributed by atoms with E-state index < -0.39 is 24.6 Å². The Hall–Kier alpha value is -0.660. The van der Waals surface area contributed by atoms with E-state index >= 15 is 0 Å². The van der Waals surface area contributed by atoms with Crippen LogP contribution in [0.2, 0.25) is 0 Å². The summed E-state index contributed by atoms with van der Waals surface area (Å²) in [4.78, 5) is 0. The molecule has 0 radical (unpaired) electrons. The van der Waals surface area contributed by atoms with Crippen molar-refractivity contribution in [3.63, 3.8) is 0 Å². The zero-order valence-electron chi connectivity index (χ0n) is 8.86. The van der Waals surface area contributed by atoms with Crippen LogP contribution in [-0.2, 0) is 4.74 Å². The Morgan fingerprint density at radius 3 is 2.41 bits per heavy atom. The van der Waals surface area contributed by atoms with Gasteiger partial charge in [-0.25, -0.2) is 0 Å². The van der Waals surface area contributed by atoms with Gasteiger partial charge in [0.1, 0.15) is 24.1 Å². The van der Waals surface area contributed by atoms with Crippen LogP contribution in [0.1, 0.15) is 0 Å². The molecule has 5 nitrogen and oxygen atoms in total. The van der Waals surface area contributed by atoms with Gasteiger partial charge in [0.2, 0.25) is 6.29 Å². The molecule has 3 N–H and O–H groups in total. The molecule has 0 bridgehead atoms. The molecule has 6 heteroatoms. The van der Waals surface area contributed by atoms with Crippen LogP contribution in [0, 0.1) is 0 Å². The summed E-state index contributed by atoms with van der Waals surface area (Å²) < 4.78 is 11.4. The maximum atomic E-state index is 9.65. The van der Waals surface area contributed by atoms with Gasteiger partial charge in [0, 0.05) is 4.47 Å². The fourth-order valence-corrected chi connectivity index (χ4v) is 1.79. The van der Waals surface area contributed by atoms with Crippen LogP contribution in [0.5, 0.6) is 5.75 Å². The second kappa shape index (κ2) is 5.32. The maximum absolute atomic E-state index is 9.65. The Balaban J connectivity index is 2.01. The van der Waals surface area contributed by atoms with Crippen molar-refractivity contribution in [1.29, 1.82) is 0 Å². The molecule has 0 spiro atoms. The van der Waals surface area contributed by atoms with Gasteiger partial charge in [-0.3, -0.25) is 0 Å². The van der Waals surface area contributed by atoms with Gasteiger partial charge in [-0.2, -0.15) is 0 Å². The third-order valence-corrected chi connectivity index (χ3v) is 3.05. The Kier molecular flexibility index (Phi) is 4.01. The molecule has 17 heavy (non-hydrogen) atoms. The van der Waals surface area contributed by atoms with Crippen molar-refractivity contribution in [3.8, 4) is 5.75 Å². The summed E-state index contributed by atoms with van der Waals surface area (Å²) in [5, 5.41) is 28.4. The van der Waals surface area contributed by atoms with Gasteiger partial charge < -0.3 is 24.8 Å². The largest absolute Gasteiger partial charge is 0.462 e. The fraction of sp³-hybridized carbons (Fsp3) is 0.455. The van der Waals surface area contributed by atoms with Gasteiger partial charge in [-0.1, -0.05) is 15.9 Å². The lowest BCUT2D eigenvalue weighted by Crippen LogP contribution is -2.54. The maximum Gasteiger partial charge on any atom is 0.228 e. The van der Waals surface area contributed by atoms with E-state index in [0.29, 0.717) is 5.75 Å². The normalized spacial score (nSPS) is 33.4. The Morgan fingerprint density at radius 1 is 1.12 bits per heavy atom. The van der Waals surface area contributed by atoms with Crippen LogP contribution < -0.4 is 4.74 Å². The molecule has 0 aliphatic carbocycles. The molecule has 1 heterocycles. The van der Waals surface area contributed by atoms with Gasteiger partial charge in [0.05, 0.1) is 6.61 Å². The minimum absolute atomic E-state index is 0.0700. The lowest BCUT2D eigenvalue weighted by molar-refractivity contribution is -0.242. The molecule has 2 rings (SSSR count). The number of aliphatic hydroxyl groups is 3. The summed E-state index contributed by atoms with van der Waals surface area (Å²) in [6.07, 6.45) is -4.60. The number of benzene rings is 1. The lowest BCUT2D eigenvalue weighted by atomic mass is 10.1. The topological polar surface area (TPSA) is 79.2 Å². The molecule has 0 aromatic heterocycles. The SMILES string of the molecule is O[C@H]1[C@H](Oc2ccc(Br)cc2)OC[C@H](O)[C@H]1O. The molecule has 1 aliphatic rings. The van der Waals surface area contributed by atoms with Crippen molar-refractivity contribution in [2.75, 3.05) is 6.61 Å². The first-order valence-corrected chi connectivity index (χ1v) is 5.95. The second-order valence-corrected chi connectivity index (χ2v) is 4.74. The van der Waals surface area contributed by atoms with Crippen molar-refractivity contribution in [2.24, 2.45) is 0 Å². The van der Waals surface area contributed by atoms with E-state index in [1.54, 1.807) is 24.3 Å². The quantitative estimate of drug-likeness (QED) is 0.731. The number of ether oxygens (including phenoxy) is 2. The first-order valence-electron chi connectivity index (χ1n) is 5.16. The lowest BCUT2D eigenvalue weighted by Gasteiger charge is -2.34. The summed E-state index contributed by atoms with van der Waals surface area (Å²) in [6, 6.07) is 6.99. The van der Waals surface area contributed by atoms with Crippen molar-refractivity contribution in [3.05, 3.63) is 28.7 Å². The molecule has 4 atom stereocenters. The second-order valence-electron chi connectivity index (χ2n) is 3.82. The van der Waals surface area contributed by atoms with Crippen molar-refractivity contribution >= 4 is 15.9 Å². The fourth-order valence-electron chi connectivity index (χ4n) is 1.53. The van der Waals surface area contributed by atoms with E-state index in [0.717, 1.165) is 4.47 Å². The molecule has 1 aliphatic heterocycles. The van der Waals surface area contributed by atoms with Crippen LogP contribution in [0.25, 0.3) is 0 Å². The minimum Gasteiger partial charge on any atom is -0.462 e. The smallest absolute Gasteiger partial charge is 0.228 e. The Bertz CT molecular complexity index is 369. The number of aliphatic hydroxyl groups excluding tert-OH is 3. The van der Waals surface area contributed by atoms with Crippen molar-refractivity contribution in [2.45, 2.75) is 24.6 Å². The average Bonchev–Trinajstić information content (AvgIpc) is 2.33. The number of hydrogen-bond acceptors (Lipinski definition) is 5. The van der Waals surface area contributed by atoms with Crippen LogP contribution in [0.3, 0.4) is 0 Å². The summed E-state index contributed by atoms with van der Waals surface area (Å²) in [5.41, 5.74) is 0. The van der Waals surface area contributed by atoms with Crippen LogP contribution in [0.15, 0.2) is 28.7 Å². The number of hydrogen-bond donors (Lipinski definition) is 3.